The SMILES string of the molecule is Cc1ccn(-c2ccc(NCCNC(=O)c3ccc(C)c(F)c3)nn2)n1. The molecule has 3 rings (SSSR count). The summed E-state index contributed by atoms with van der Waals surface area (Å²) < 4.78 is 15.1. The van der Waals surface area contributed by atoms with Crippen molar-refractivity contribution >= 4 is 11.7 Å². The zero-order valence-corrected chi connectivity index (χ0v) is 14.5. The summed E-state index contributed by atoms with van der Waals surface area (Å²) in [4.78, 5) is 12.0. The lowest BCUT2D eigenvalue weighted by Gasteiger charge is -2.08. The number of aryl methyl sites for hydroxylation is 2. The molecule has 0 bridgehead atoms. The molecule has 0 saturated carbocycles. The minimum absolute atomic E-state index is 0.298. The van der Waals surface area contributed by atoms with E-state index in [-0.39, 0.29) is 5.91 Å². The molecule has 0 saturated heterocycles. The van der Waals surface area contributed by atoms with Gasteiger partial charge in [-0.05, 0) is 49.7 Å². The van der Waals surface area contributed by atoms with Crippen LogP contribution in [0.5, 0.6) is 0 Å². The summed E-state index contributed by atoms with van der Waals surface area (Å²) in [6, 6.07) is 9.89. The summed E-state index contributed by atoms with van der Waals surface area (Å²) in [5, 5.41) is 18.2. The molecule has 8 heteroatoms. The number of carbonyl (C=O) groups excluding carboxylic acids is 1. The molecule has 0 aliphatic heterocycles. The number of halogens is 1. The van der Waals surface area contributed by atoms with Crippen molar-refractivity contribution < 1.29 is 9.18 Å². The number of anilines is 1. The highest BCUT2D eigenvalue weighted by Crippen LogP contribution is 2.09. The van der Waals surface area contributed by atoms with Crippen LogP contribution in [0.1, 0.15) is 21.6 Å². The molecule has 0 unspecified atom stereocenters. The Morgan fingerprint density at radius 3 is 2.62 bits per heavy atom. The third-order valence-electron chi connectivity index (χ3n) is 3.76. The van der Waals surface area contributed by atoms with Crippen LogP contribution in [-0.2, 0) is 0 Å². The quantitative estimate of drug-likeness (QED) is 0.663. The fraction of sp³-hybridized carbons (Fsp3) is 0.222. The molecule has 0 atom stereocenters. The monoisotopic (exact) mass is 354 g/mol. The molecule has 0 aliphatic carbocycles. The third kappa shape index (κ3) is 4.21. The first-order chi connectivity index (χ1) is 12.5. The average molecular weight is 354 g/mol. The largest absolute Gasteiger partial charge is 0.367 e. The van der Waals surface area contributed by atoms with Crippen molar-refractivity contribution in [1.82, 2.24) is 25.3 Å². The molecule has 134 valence electrons. The van der Waals surface area contributed by atoms with E-state index >= 15 is 0 Å². The van der Waals surface area contributed by atoms with Gasteiger partial charge < -0.3 is 10.6 Å². The number of amides is 1. The van der Waals surface area contributed by atoms with Crippen LogP contribution in [0.25, 0.3) is 5.82 Å². The molecule has 1 aromatic carbocycles. The van der Waals surface area contributed by atoms with Crippen molar-refractivity contribution in [3.05, 3.63) is 65.2 Å². The van der Waals surface area contributed by atoms with Gasteiger partial charge in [-0.2, -0.15) is 5.10 Å². The van der Waals surface area contributed by atoms with E-state index in [9.17, 15) is 9.18 Å². The zero-order valence-electron chi connectivity index (χ0n) is 14.5. The Hall–Kier alpha value is -3.29. The maximum atomic E-state index is 13.5. The van der Waals surface area contributed by atoms with Crippen molar-refractivity contribution in [3.63, 3.8) is 0 Å². The zero-order chi connectivity index (χ0) is 18.5. The number of carbonyl (C=O) groups is 1. The van der Waals surface area contributed by atoms with Gasteiger partial charge in [-0.15, -0.1) is 10.2 Å². The van der Waals surface area contributed by atoms with Gasteiger partial charge in [-0.25, -0.2) is 9.07 Å². The third-order valence-corrected chi connectivity index (χ3v) is 3.76. The summed E-state index contributed by atoms with van der Waals surface area (Å²) in [7, 11) is 0. The first kappa shape index (κ1) is 17.5. The van der Waals surface area contributed by atoms with Crippen LogP contribution >= 0.6 is 0 Å². The Kier molecular flexibility index (Phi) is 5.21. The topological polar surface area (TPSA) is 84.7 Å². The lowest BCUT2D eigenvalue weighted by Crippen LogP contribution is -2.29. The van der Waals surface area contributed by atoms with Gasteiger partial charge in [0.15, 0.2) is 5.82 Å². The number of aromatic nitrogens is 4. The molecule has 1 amide bonds. The van der Waals surface area contributed by atoms with Crippen LogP contribution in [0.2, 0.25) is 0 Å². The average Bonchev–Trinajstić information content (AvgIpc) is 3.08. The van der Waals surface area contributed by atoms with E-state index in [2.05, 4.69) is 25.9 Å². The standard InChI is InChI=1S/C18H19FN6O/c1-12-3-4-14(11-15(12)19)18(26)21-9-8-20-16-5-6-17(23-22-16)25-10-7-13(2)24-25/h3-7,10-11H,8-9H2,1-2H3,(H,20,22)(H,21,26). The number of hydrogen-bond donors (Lipinski definition) is 2. The molecule has 0 aliphatic rings. The molecule has 3 aromatic rings. The Morgan fingerprint density at radius 1 is 1.12 bits per heavy atom. The lowest BCUT2D eigenvalue weighted by molar-refractivity contribution is 0.0954. The normalized spacial score (nSPS) is 10.6. The van der Waals surface area contributed by atoms with Crippen LogP contribution in [0.4, 0.5) is 10.2 Å². The number of benzene rings is 1. The lowest BCUT2D eigenvalue weighted by atomic mass is 10.1. The number of nitrogens with zero attached hydrogens (tertiary/aromatic N) is 4. The first-order valence-corrected chi connectivity index (χ1v) is 8.17. The Bertz CT molecular complexity index is 906. The van der Waals surface area contributed by atoms with Gasteiger partial charge in [0.05, 0.1) is 5.69 Å². The predicted molar refractivity (Wildman–Crippen MR) is 95.9 cm³/mol. The molecule has 0 fully saturated rings. The number of hydrogen-bond acceptors (Lipinski definition) is 5. The molecule has 26 heavy (non-hydrogen) atoms. The summed E-state index contributed by atoms with van der Waals surface area (Å²) in [5.74, 6) is 0.506. The minimum Gasteiger partial charge on any atom is -0.367 e. The second-order valence-electron chi connectivity index (χ2n) is 5.83. The summed E-state index contributed by atoms with van der Waals surface area (Å²) in [6.45, 7) is 4.39. The minimum atomic E-state index is -0.390. The van der Waals surface area contributed by atoms with Gasteiger partial charge >= 0.3 is 0 Å². The fourth-order valence-corrected chi connectivity index (χ4v) is 2.29. The second kappa shape index (κ2) is 7.73. The van der Waals surface area contributed by atoms with Crippen LogP contribution < -0.4 is 10.6 Å². The molecule has 0 spiro atoms. The fourth-order valence-electron chi connectivity index (χ4n) is 2.29. The Balaban J connectivity index is 1.47. The van der Waals surface area contributed by atoms with E-state index in [1.807, 2.05) is 19.2 Å². The summed E-state index contributed by atoms with van der Waals surface area (Å²) in [6.07, 6.45) is 1.82. The van der Waals surface area contributed by atoms with Gasteiger partial charge in [0.25, 0.3) is 5.91 Å². The molecular formula is C18H19FN6O. The van der Waals surface area contributed by atoms with Crippen LogP contribution in [0.3, 0.4) is 0 Å². The van der Waals surface area contributed by atoms with Gasteiger partial charge in [-0.1, -0.05) is 6.07 Å². The highest BCUT2D eigenvalue weighted by atomic mass is 19.1. The van der Waals surface area contributed by atoms with E-state index in [1.165, 1.54) is 6.07 Å². The molecule has 7 nitrogen and oxygen atoms in total. The smallest absolute Gasteiger partial charge is 0.251 e. The van der Waals surface area contributed by atoms with Gasteiger partial charge in [0, 0.05) is 24.8 Å². The highest BCUT2D eigenvalue weighted by Gasteiger charge is 2.07. The maximum absolute atomic E-state index is 13.5. The summed E-state index contributed by atoms with van der Waals surface area (Å²) >= 11 is 0. The van der Waals surface area contributed by atoms with E-state index < -0.39 is 5.82 Å². The van der Waals surface area contributed by atoms with Gasteiger partial charge in [-0.3, -0.25) is 4.79 Å². The molecule has 2 N–H and O–H groups in total. The summed E-state index contributed by atoms with van der Waals surface area (Å²) in [5.41, 5.74) is 1.71. The van der Waals surface area contributed by atoms with E-state index in [0.29, 0.717) is 35.9 Å². The maximum Gasteiger partial charge on any atom is 0.251 e. The number of nitrogens with one attached hydrogen (secondary N) is 2. The van der Waals surface area contributed by atoms with Crippen LogP contribution in [0.15, 0.2) is 42.6 Å². The Morgan fingerprint density at radius 2 is 1.96 bits per heavy atom. The number of rotatable bonds is 6. The van der Waals surface area contributed by atoms with E-state index in [0.717, 1.165) is 5.69 Å². The molecule has 2 aromatic heterocycles. The van der Waals surface area contributed by atoms with Crippen molar-refractivity contribution in [2.24, 2.45) is 0 Å². The highest BCUT2D eigenvalue weighted by molar-refractivity contribution is 5.94. The molecular weight excluding hydrogens is 335 g/mol. The van der Waals surface area contributed by atoms with Crippen LogP contribution in [0, 0.1) is 19.7 Å². The molecule has 2 heterocycles. The van der Waals surface area contributed by atoms with Gasteiger partial charge in [0.1, 0.15) is 11.6 Å². The first-order valence-electron chi connectivity index (χ1n) is 8.17. The molecule has 0 radical (unpaired) electrons. The predicted octanol–water partition coefficient (Wildman–Crippen LogP) is 2.26. The van der Waals surface area contributed by atoms with E-state index in [1.54, 1.807) is 35.9 Å². The van der Waals surface area contributed by atoms with Crippen LogP contribution in [-0.4, -0.2) is 39.0 Å². The van der Waals surface area contributed by atoms with Crippen molar-refractivity contribution in [3.8, 4) is 5.82 Å². The van der Waals surface area contributed by atoms with Crippen molar-refractivity contribution in [2.75, 3.05) is 18.4 Å². The Labute approximate surface area is 150 Å². The van der Waals surface area contributed by atoms with Crippen molar-refractivity contribution in [2.45, 2.75) is 13.8 Å². The van der Waals surface area contributed by atoms with Gasteiger partial charge in [0.2, 0.25) is 0 Å². The second-order valence-corrected chi connectivity index (χ2v) is 5.83. The van der Waals surface area contributed by atoms with Crippen molar-refractivity contribution in [1.29, 1.82) is 0 Å². The van der Waals surface area contributed by atoms with E-state index in [4.69, 9.17) is 0 Å².